The zero-order chi connectivity index (χ0) is 12.4. The second kappa shape index (κ2) is 6.21. The second-order valence-electron chi connectivity index (χ2n) is 5.73. The average Bonchev–Trinajstić information content (AvgIpc) is 2.46. The summed E-state index contributed by atoms with van der Waals surface area (Å²) in [5.41, 5.74) is 0. The lowest BCUT2D eigenvalue weighted by atomic mass is 9.99. The quantitative estimate of drug-likeness (QED) is 0.642. The van der Waals surface area contributed by atoms with Crippen LogP contribution in [0.5, 0.6) is 0 Å². The van der Waals surface area contributed by atoms with E-state index in [1.54, 1.807) is 0 Å². The van der Waals surface area contributed by atoms with Crippen molar-refractivity contribution in [3.63, 3.8) is 0 Å². The summed E-state index contributed by atoms with van der Waals surface area (Å²) in [5.74, 6) is 0. The van der Waals surface area contributed by atoms with Crippen molar-refractivity contribution in [2.24, 2.45) is 0 Å². The van der Waals surface area contributed by atoms with E-state index in [0.29, 0.717) is 17.0 Å². The summed E-state index contributed by atoms with van der Waals surface area (Å²) < 4.78 is 18.2. The van der Waals surface area contributed by atoms with Crippen molar-refractivity contribution in [1.29, 1.82) is 0 Å². The molecule has 0 aromatic rings. The number of alkyl halides is 1. The molecule has 0 aromatic carbocycles. The van der Waals surface area contributed by atoms with Crippen molar-refractivity contribution >= 4 is 15.9 Å². The van der Waals surface area contributed by atoms with E-state index >= 15 is 0 Å². The van der Waals surface area contributed by atoms with Crippen LogP contribution in [0.4, 0.5) is 0 Å². The highest BCUT2D eigenvalue weighted by Crippen LogP contribution is 2.32. The van der Waals surface area contributed by atoms with Crippen molar-refractivity contribution in [3.05, 3.63) is 0 Å². The number of hydrogen-bond acceptors (Lipinski definition) is 3. The molecule has 0 spiro atoms. The molecule has 18 heavy (non-hydrogen) atoms. The van der Waals surface area contributed by atoms with Gasteiger partial charge in [0.2, 0.25) is 0 Å². The third kappa shape index (κ3) is 3.09. The van der Waals surface area contributed by atoms with Gasteiger partial charge in [0.1, 0.15) is 0 Å². The van der Waals surface area contributed by atoms with Crippen LogP contribution < -0.4 is 0 Å². The summed E-state index contributed by atoms with van der Waals surface area (Å²) in [6.45, 7) is 1.80. The van der Waals surface area contributed by atoms with E-state index in [1.165, 1.54) is 0 Å². The zero-order valence-corrected chi connectivity index (χ0v) is 12.4. The van der Waals surface area contributed by atoms with Gasteiger partial charge in [-0.05, 0) is 44.9 Å². The topological polar surface area (TPSA) is 27.7 Å². The molecule has 5 atom stereocenters. The fourth-order valence-corrected chi connectivity index (χ4v) is 4.00. The maximum Gasteiger partial charge on any atom is 0.0847 e. The Balaban J connectivity index is 1.72. The lowest BCUT2D eigenvalue weighted by molar-refractivity contribution is -0.174. The molecule has 0 aliphatic carbocycles. The zero-order valence-electron chi connectivity index (χ0n) is 10.9. The first-order valence-electron chi connectivity index (χ1n) is 7.35. The number of fused-ring (bicyclic) bond motifs is 2. The van der Waals surface area contributed by atoms with E-state index in [9.17, 15) is 0 Å². The van der Waals surface area contributed by atoms with Crippen LogP contribution in [0.1, 0.15) is 44.9 Å². The summed E-state index contributed by atoms with van der Waals surface area (Å²) in [4.78, 5) is 0.538. The Hall–Kier alpha value is 0.360. The normalized spacial score (nSPS) is 46.2. The molecule has 3 fully saturated rings. The smallest absolute Gasteiger partial charge is 0.0847 e. The van der Waals surface area contributed by atoms with Gasteiger partial charge in [0.15, 0.2) is 0 Å². The van der Waals surface area contributed by atoms with Crippen molar-refractivity contribution < 1.29 is 14.2 Å². The van der Waals surface area contributed by atoms with Crippen molar-refractivity contribution in [2.75, 3.05) is 13.2 Å². The Bertz CT molecular complexity index is 274. The molecule has 104 valence electrons. The molecule has 0 radical (unpaired) electrons. The van der Waals surface area contributed by atoms with Crippen LogP contribution in [-0.4, -0.2) is 42.5 Å². The molecule has 3 aliphatic rings. The van der Waals surface area contributed by atoms with Crippen LogP contribution in [0.25, 0.3) is 0 Å². The van der Waals surface area contributed by atoms with Gasteiger partial charge in [-0.2, -0.15) is 0 Å². The van der Waals surface area contributed by atoms with Crippen LogP contribution in [0.3, 0.4) is 0 Å². The van der Waals surface area contributed by atoms with Gasteiger partial charge in [-0.3, -0.25) is 0 Å². The molecule has 3 heterocycles. The molecule has 0 N–H and O–H groups in total. The Morgan fingerprint density at radius 1 is 0.722 bits per heavy atom. The minimum absolute atomic E-state index is 0.281. The lowest BCUT2D eigenvalue weighted by Crippen LogP contribution is -2.43. The van der Waals surface area contributed by atoms with Gasteiger partial charge < -0.3 is 14.2 Å². The Kier molecular flexibility index (Phi) is 4.60. The van der Waals surface area contributed by atoms with E-state index in [0.717, 1.165) is 58.2 Å². The predicted molar refractivity (Wildman–Crippen MR) is 73.2 cm³/mol. The van der Waals surface area contributed by atoms with Gasteiger partial charge in [-0.1, -0.05) is 15.9 Å². The van der Waals surface area contributed by atoms with Gasteiger partial charge in [0, 0.05) is 18.0 Å². The van der Waals surface area contributed by atoms with Crippen molar-refractivity contribution in [3.8, 4) is 0 Å². The SMILES string of the molecule is Br[C@@H]1CC[C@H]2OCCC[C@@H]2O[C@@H]2CCCO[C@H]2C1. The highest BCUT2D eigenvalue weighted by atomic mass is 79.9. The average molecular weight is 319 g/mol. The van der Waals surface area contributed by atoms with Gasteiger partial charge in [-0.25, -0.2) is 0 Å². The Morgan fingerprint density at radius 3 is 2.17 bits per heavy atom. The highest BCUT2D eigenvalue weighted by Gasteiger charge is 2.36. The summed E-state index contributed by atoms with van der Waals surface area (Å²) in [6.07, 6.45) is 9.08. The van der Waals surface area contributed by atoms with E-state index in [4.69, 9.17) is 14.2 Å². The minimum Gasteiger partial charge on any atom is -0.376 e. The van der Waals surface area contributed by atoms with Gasteiger partial charge in [0.25, 0.3) is 0 Å². The molecule has 0 unspecified atom stereocenters. The van der Waals surface area contributed by atoms with Crippen LogP contribution >= 0.6 is 15.9 Å². The number of hydrogen-bond donors (Lipinski definition) is 0. The fraction of sp³-hybridized carbons (Fsp3) is 1.00. The molecule has 0 amide bonds. The van der Waals surface area contributed by atoms with Crippen LogP contribution in [0.15, 0.2) is 0 Å². The molecule has 3 rings (SSSR count). The first kappa shape index (κ1) is 13.3. The summed E-state index contributed by atoms with van der Waals surface area (Å²) in [7, 11) is 0. The second-order valence-corrected chi connectivity index (χ2v) is 7.02. The van der Waals surface area contributed by atoms with E-state index in [2.05, 4.69) is 15.9 Å². The minimum atomic E-state index is 0.281. The summed E-state index contributed by atoms with van der Waals surface area (Å²) in [5, 5.41) is 0. The van der Waals surface area contributed by atoms with Crippen molar-refractivity contribution in [2.45, 2.75) is 74.2 Å². The molecule has 0 bridgehead atoms. The summed E-state index contributed by atoms with van der Waals surface area (Å²) >= 11 is 3.80. The Morgan fingerprint density at radius 2 is 1.39 bits per heavy atom. The maximum absolute atomic E-state index is 6.36. The monoisotopic (exact) mass is 318 g/mol. The van der Waals surface area contributed by atoms with Crippen LogP contribution in [0.2, 0.25) is 0 Å². The number of halogens is 1. The van der Waals surface area contributed by atoms with E-state index < -0.39 is 0 Å². The van der Waals surface area contributed by atoms with Crippen LogP contribution in [-0.2, 0) is 14.2 Å². The third-order valence-electron chi connectivity index (χ3n) is 4.36. The van der Waals surface area contributed by atoms with Gasteiger partial charge >= 0.3 is 0 Å². The number of ether oxygens (including phenoxy) is 3. The number of rotatable bonds is 0. The predicted octanol–water partition coefficient (Wildman–Crippen LogP) is 3.05. The summed E-state index contributed by atoms with van der Waals surface area (Å²) in [6, 6.07) is 0. The lowest BCUT2D eigenvalue weighted by Gasteiger charge is -2.37. The molecule has 3 aliphatic heterocycles. The van der Waals surface area contributed by atoms with E-state index in [1.807, 2.05) is 0 Å². The fourth-order valence-electron chi connectivity index (χ4n) is 3.36. The van der Waals surface area contributed by atoms with Crippen LogP contribution in [0, 0.1) is 0 Å². The Labute approximate surface area is 118 Å². The first-order chi connectivity index (χ1) is 8.83. The first-order valence-corrected chi connectivity index (χ1v) is 8.27. The molecular weight excluding hydrogens is 296 g/mol. The molecule has 0 aromatic heterocycles. The standard InChI is InChI=1S/C14H23BrO3/c15-10-5-6-11-12(3-1-7-16-11)18-13-4-2-8-17-14(13)9-10/h10-14H,1-9H2/t10-,11-,12+,13-,14+/m1/s1. The third-order valence-corrected chi connectivity index (χ3v) is 5.19. The molecule has 4 heteroatoms. The molecule has 0 saturated carbocycles. The van der Waals surface area contributed by atoms with Gasteiger partial charge in [0.05, 0.1) is 24.4 Å². The molecular formula is C14H23BrO3. The van der Waals surface area contributed by atoms with E-state index in [-0.39, 0.29) is 12.2 Å². The van der Waals surface area contributed by atoms with Crippen molar-refractivity contribution in [1.82, 2.24) is 0 Å². The maximum atomic E-state index is 6.36. The van der Waals surface area contributed by atoms with Gasteiger partial charge in [-0.15, -0.1) is 0 Å². The largest absolute Gasteiger partial charge is 0.376 e. The molecule has 3 nitrogen and oxygen atoms in total. The highest BCUT2D eigenvalue weighted by molar-refractivity contribution is 9.09. The molecule has 3 saturated heterocycles.